The summed E-state index contributed by atoms with van der Waals surface area (Å²) in [5, 5.41) is 0. The van der Waals surface area contributed by atoms with Gasteiger partial charge >= 0.3 is 0 Å². The van der Waals surface area contributed by atoms with Gasteiger partial charge in [0, 0.05) is 6.20 Å². The van der Waals surface area contributed by atoms with Gasteiger partial charge in [-0.3, -0.25) is 0 Å². The molecule has 0 atom stereocenters. The molecular weight excluding hydrogens is 230 g/mol. The van der Waals surface area contributed by atoms with E-state index in [-0.39, 0.29) is 0 Å². The predicted molar refractivity (Wildman–Crippen MR) is 56.9 cm³/mol. The first-order valence-corrected chi connectivity index (χ1v) is 4.98. The highest BCUT2D eigenvalue weighted by atomic mass is 79.9. The smallest absolute Gasteiger partial charge is 0.152 e. The number of rotatable bonds is 5. The van der Waals surface area contributed by atoms with Crippen LogP contribution in [-0.4, -0.2) is 11.6 Å². The SMILES string of the molecule is C=CCCCOc1cccnc1Br. The molecule has 0 spiro atoms. The fourth-order valence-corrected chi connectivity index (χ4v) is 1.25. The van der Waals surface area contributed by atoms with Gasteiger partial charge in [-0.15, -0.1) is 6.58 Å². The maximum Gasteiger partial charge on any atom is 0.152 e. The minimum atomic E-state index is 0.705. The standard InChI is InChI=1S/C10H12BrNO/c1-2-3-4-8-13-9-6-5-7-12-10(9)11/h2,5-7H,1,3-4,8H2. The molecule has 1 aromatic heterocycles. The molecule has 0 saturated carbocycles. The zero-order chi connectivity index (χ0) is 9.52. The second-order valence-electron chi connectivity index (χ2n) is 2.57. The first-order valence-electron chi connectivity index (χ1n) is 4.19. The molecule has 1 heterocycles. The Morgan fingerprint density at radius 2 is 2.46 bits per heavy atom. The van der Waals surface area contributed by atoms with Crippen LogP contribution in [0.1, 0.15) is 12.8 Å². The van der Waals surface area contributed by atoms with Crippen molar-refractivity contribution in [2.75, 3.05) is 6.61 Å². The average Bonchev–Trinajstić information content (AvgIpc) is 2.15. The summed E-state index contributed by atoms with van der Waals surface area (Å²) in [6.07, 6.45) is 5.59. The third kappa shape index (κ3) is 3.59. The van der Waals surface area contributed by atoms with Gasteiger partial charge in [0.05, 0.1) is 6.61 Å². The van der Waals surface area contributed by atoms with E-state index in [0.29, 0.717) is 6.61 Å². The second kappa shape index (κ2) is 5.75. The number of nitrogens with zero attached hydrogens (tertiary/aromatic N) is 1. The van der Waals surface area contributed by atoms with Crippen molar-refractivity contribution < 1.29 is 4.74 Å². The molecule has 3 heteroatoms. The summed E-state index contributed by atoms with van der Waals surface area (Å²) in [6, 6.07) is 3.75. The van der Waals surface area contributed by atoms with Gasteiger partial charge in [0.2, 0.25) is 0 Å². The summed E-state index contributed by atoms with van der Waals surface area (Å²) < 4.78 is 6.24. The number of ether oxygens (including phenoxy) is 1. The van der Waals surface area contributed by atoms with Crippen molar-refractivity contribution in [3.63, 3.8) is 0 Å². The van der Waals surface area contributed by atoms with E-state index in [4.69, 9.17) is 4.74 Å². The summed E-state index contributed by atoms with van der Waals surface area (Å²) in [4.78, 5) is 4.05. The molecule has 0 aliphatic heterocycles. The van der Waals surface area contributed by atoms with Gasteiger partial charge in [-0.05, 0) is 40.9 Å². The molecule has 70 valence electrons. The van der Waals surface area contributed by atoms with E-state index in [2.05, 4.69) is 27.5 Å². The van der Waals surface area contributed by atoms with Crippen molar-refractivity contribution >= 4 is 15.9 Å². The summed E-state index contributed by atoms with van der Waals surface area (Å²) in [7, 11) is 0. The Morgan fingerprint density at radius 3 is 3.15 bits per heavy atom. The summed E-state index contributed by atoms with van der Waals surface area (Å²) in [5.74, 6) is 0.798. The van der Waals surface area contributed by atoms with E-state index in [9.17, 15) is 0 Å². The second-order valence-corrected chi connectivity index (χ2v) is 3.32. The highest BCUT2D eigenvalue weighted by molar-refractivity contribution is 9.10. The van der Waals surface area contributed by atoms with Crippen molar-refractivity contribution in [1.82, 2.24) is 4.98 Å². The molecule has 0 fully saturated rings. The van der Waals surface area contributed by atoms with Crippen molar-refractivity contribution in [2.24, 2.45) is 0 Å². The van der Waals surface area contributed by atoms with Crippen LogP contribution in [0.25, 0.3) is 0 Å². The zero-order valence-electron chi connectivity index (χ0n) is 7.37. The maximum atomic E-state index is 5.48. The normalized spacial score (nSPS) is 9.62. The molecule has 0 aliphatic carbocycles. The van der Waals surface area contributed by atoms with E-state index in [0.717, 1.165) is 23.2 Å². The Balaban J connectivity index is 2.36. The Morgan fingerprint density at radius 1 is 1.62 bits per heavy atom. The van der Waals surface area contributed by atoms with Gasteiger partial charge in [-0.2, -0.15) is 0 Å². The number of unbranched alkanes of at least 4 members (excludes halogenated alkanes) is 1. The Hall–Kier alpha value is -0.830. The lowest BCUT2D eigenvalue weighted by Crippen LogP contribution is -1.97. The Kier molecular flexibility index (Phi) is 4.54. The van der Waals surface area contributed by atoms with E-state index >= 15 is 0 Å². The molecule has 0 aliphatic rings. The highest BCUT2D eigenvalue weighted by Gasteiger charge is 1.98. The lowest BCUT2D eigenvalue weighted by Gasteiger charge is -2.05. The van der Waals surface area contributed by atoms with Crippen LogP contribution in [0.5, 0.6) is 5.75 Å². The van der Waals surface area contributed by atoms with Crippen molar-refractivity contribution in [1.29, 1.82) is 0 Å². The molecule has 0 unspecified atom stereocenters. The number of allylic oxidation sites excluding steroid dienone is 1. The van der Waals surface area contributed by atoms with Crippen molar-refractivity contribution in [3.8, 4) is 5.75 Å². The molecule has 0 aromatic carbocycles. The molecule has 0 N–H and O–H groups in total. The van der Waals surface area contributed by atoms with Crippen LogP contribution < -0.4 is 4.74 Å². The fourth-order valence-electron chi connectivity index (χ4n) is 0.889. The lowest BCUT2D eigenvalue weighted by molar-refractivity contribution is 0.309. The van der Waals surface area contributed by atoms with Gasteiger partial charge < -0.3 is 4.74 Å². The molecule has 0 radical (unpaired) electrons. The van der Waals surface area contributed by atoms with E-state index in [1.165, 1.54) is 0 Å². The lowest BCUT2D eigenvalue weighted by atomic mass is 10.3. The molecule has 2 nitrogen and oxygen atoms in total. The van der Waals surface area contributed by atoms with Gasteiger partial charge in [0.15, 0.2) is 5.75 Å². The van der Waals surface area contributed by atoms with E-state index in [1.54, 1.807) is 6.20 Å². The summed E-state index contributed by atoms with van der Waals surface area (Å²) >= 11 is 3.31. The first-order chi connectivity index (χ1) is 6.34. The fraction of sp³-hybridized carbons (Fsp3) is 0.300. The van der Waals surface area contributed by atoms with Crippen molar-refractivity contribution in [3.05, 3.63) is 35.6 Å². The van der Waals surface area contributed by atoms with Crippen LogP contribution in [0.3, 0.4) is 0 Å². The zero-order valence-corrected chi connectivity index (χ0v) is 8.96. The Bertz CT molecular complexity index is 275. The topological polar surface area (TPSA) is 22.1 Å². The number of hydrogen-bond acceptors (Lipinski definition) is 2. The van der Waals surface area contributed by atoms with Crippen LogP contribution in [-0.2, 0) is 0 Å². The highest BCUT2D eigenvalue weighted by Crippen LogP contribution is 2.20. The number of pyridine rings is 1. The minimum absolute atomic E-state index is 0.705. The van der Waals surface area contributed by atoms with Crippen molar-refractivity contribution in [2.45, 2.75) is 12.8 Å². The van der Waals surface area contributed by atoms with E-state index in [1.807, 2.05) is 18.2 Å². The molecule has 0 amide bonds. The number of hydrogen-bond donors (Lipinski definition) is 0. The predicted octanol–water partition coefficient (Wildman–Crippen LogP) is 3.19. The van der Waals surface area contributed by atoms with Crippen LogP contribution in [0.2, 0.25) is 0 Å². The third-order valence-corrected chi connectivity index (χ3v) is 2.13. The third-order valence-electron chi connectivity index (χ3n) is 1.54. The summed E-state index contributed by atoms with van der Waals surface area (Å²) in [6.45, 7) is 4.35. The number of halogens is 1. The molecule has 1 rings (SSSR count). The molecular formula is C10H12BrNO. The van der Waals surface area contributed by atoms with Gasteiger partial charge in [-0.25, -0.2) is 4.98 Å². The quantitative estimate of drug-likeness (QED) is 0.449. The van der Waals surface area contributed by atoms with Gasteiger partial charge in [0.1, 0.15) is 4.60 Å². The molecule has 0 bridgehead atoms. The van der Waals surface area contributed by atoms with Crippen LogP contribution in [0.15, 0.2) is 35.6 Å². The van der Waals surface area contributed by atoms with Gasteiger partial charge in [0.25, 0.3) is 0 Å². The van der Waals surface area contributed by atoms with Crippen LogP contribution in [0.4, 0.5) is 0 Å². The summed E-state index contributed by atoms with van der Waals surface area (Å²) in [5.41, 5.74) is 0. The molecule has 13 heavy (non-hydrogen) atoms. The number of aromatic nitrogens is 1. The van der Waals surface area contributed by atoms with Crippen LogP contribution >= 0.6 is 15.9 Å². The van der Waals surface area contributed by atoms with Crippen LogP contribution in [0, 0.1) is 0 Å². The first kappa shape index (κ1) is 10.3. The molecule has 0 saturated heterocycles. The maximum absolute atomic E-state index is 5.48. The molecule has 1 aromatic rings. The monoisotopic (exact) mass is 241 g/mol. The largest absolute Gasteiger partial charge is 0.491 e. The Labute approximate surface area is 86.8 Å². The van der Waals surface area contributed by atoms with E-state index < -0.39 is 0 Å². The minimum Gasteiger partial charge on any atom is -0.491 e. The van der Waals surface area contributed by atoms with Gasteiger partial charge in [-0.1, -0.05) is 6.08 Å². The average molecular weight is 242 g/mol.